The second kappa shape index (κ2) is 9.16. The second-order valence-corrected chi connectivity index (χ2v) is 8.45. The Morgan fingerprint density at radius 1 is 1.14 bits per heavy atom. The number of ketones is 1. The minimum Gasteiger partial charge on any atom is -0.507 e. The molecule has 1 fully saturated rings. The first kappa shape index (κ1) is 24.2. The van der Waals surface area contributed by atoms with Crippen molar-refractivity contribution in [3.05, 3.63) is 83.7 Å². The van der Waals surface area contributed by atoms with E-state index in [0.717, 1.165) is 17.0 Å². The zero-order valence-corrected chi connectivity index (χ0v) is 19.4. The molecule has 0 radical (unpaired) electrons. The SMILES string of the molecule is CN1CCOc2ccc(/C(O)=C3/C(=O)C(=O)N(c4cccc(OC(F)(F)F)c4)C3c3cccnc3)cc21. The zero-order valence-electron chi connectivity index (χ0n) is 19.4. The van der Waals surface area contributed by atoms with Crippen molar-refractivity contribution >= 4 is 28.8 Å². The predicted octanol–water partition coefficient (Wildman–Crippen LogP) is 4.44. The summed E-state index contributed by atoms with van der Waals surface area (Å²) in [6.45, 7) is 1.12. The van der Waals surface area contributed by atoms with Gasteiger partial charge in [0.05, 0.1) is 23.8 Å². The molecule has 190 valence electrons. The van der Waals surface area contributed by atoms with E-state index in [1.165, 1.54) is 24.5 Å². The number of carbonyl (C=O) groups excluding carboxylic acids is 2. The third-order valence-electron chi connectivity index (χ3n) is 6.10. The molecule has 1 amide bonds. The van der Waals surface area contributed by atoms with E-state index in [1.54, 1.807) is 30.3 Å². The quantitative estimate of drug-likeness (QED) is 0.315. The fraction of sp³-hybridized carbons (Fsp3) is 0.192. The van der Waals surface area contributed by atoms with Gasteiger partial charge >= 0.3 is 6.36 Å². The number of amides is 1. The highest BCUT2D eigenvalue weighted by molar-refractivity contribution is 6.51. The van der Waals surface area contributed by atoms with Gasteiger partial charge in [0.25, 0.3) is 11.7 Å². The summed E-state index contributed by atoms with van der Waals surface area (Å²) < 4.78 is 48.1. The van der Waals surface area contributed by atoms with E-state index >= 15 is 0 Å². The number of nitrogens with zero attached hydrogens (tertiary/aromatic N) is 3. The summed E-state index contributed by atoms with van der Waals surface area (Å²) in [6.07, 6.45) is -2.03. The van der Waals surface area contributed by atoms with Gasteiger partial charge in [-0.05, 0) is 42.0 Å². The maximum absolute atomic E-state index is 13.3. The molecule has 1 aromatic heterocycles. The first-order valence-corrected chi connectivity index (χ1v) is 11.2. The molecule has 8 nitrogen and oxygen atoms in total. The fourth-order valence-corrected chi connectivity index (χ4v) is 4.44. The molecule has 1 atom stereocenters. The zero-order chi connectivity index (χ0) is 26.3. The van der Waals surface area contributed by atoms with Crippen LogP contribution in [-0.2, 0) is 9.59 Å². The summed E-state index contributed by atoms with van der Waals surface area (Å²) in [7, 11) is 1.86. The monoisotopic (exact) mass is 511 g/mol. The highest BCUT2D eigenvalue weighted by Crippen LogP contribution is 2.44. The Hall–Kier alpha value is -4.54. The lowest BCUT2D eigenvalue weighted by Gasteiger charge is -2.28. The lowest BCUT2D eigenvalue weighted by Crippen LogP contribution is -2.29. The molecule has 5 rings (SSSR count). The lowest BCUT2D eigenvalue weighted by molar-refractivity contribution is -0.274. The molecule has 11 heteroatoms. The van der Waals surface area contributed by atoms with Gasteiger partial charge in [0.1, 0.15) is 23.9 Å². The van der Waals surface area contributed by atoms with Gasteiger partial charge in [-0.15, -0.1) is 13.2 Å². The van der Waals surface area contributed by atoms with Crippen LogP contribution in [0.5, 0.6) is 11.5 Å². The average molecular weight is 511 g/mol. The molecule has 1 saturated heterocycles. The van der Waals surface area contributed by atoms with E-state index in [4.69, 9.17) is 4.74 Å². The Kier molecular flexibility index (Phi) is 5.98. The number of aliphatic hydroxyl groups excluding tert-OH is 1. The standard InChI is InChI=1S/C26H20F3N3O5/c1-31-10-11-36-20-8-7-15(12-19(20)31)23(33)21-22(16-4-3-9-30-14-16)32(25(35)24(21)34)17-5-2-6-18(13-17)37-26(27,28)29/h2-9,12-14,22,33H,10-11H2,1H3/b23-21-. The molecule has 0 aliphatic carbocycles. The number of aromatic nitrogens is 1. The third-order valence-corrected chi connectivity index (χ3v) is 6.10. The van der Waals surface area contributed by atoms with Crippen LogP contribution >= 0.6 is 0 Å². The molecule has 0 bridgehead atoms. The van der Waals surface area contributed by atoms with Crippen LogP contribution in [0.25, 0.3) is 5.76 Å². The van der Waals surface area contributed by atoms with Gasteiger partial charge < -0.3 is 19.5 Å². The molecule has 1 N–H and O–H groups in total. The Labute approximate surface area is 209 Å². The number of ether oxygens (including phenoxy) is 2. The Morgan fingerprint density at radius 3 is 2.68 bits per heavy atom. The van der Waals surface area contributed by atoms with Crippen LogP contribution < -0.4 is 19.3 Å². The molecule has 2 aromatic carbocycles. The fourth-order valence-electron chi connectivity index (χ4n) is 4.44. The number of Topliss-reactive ketones (excluding diaryl/α,β-unsaturated/α-hetero) is 1. The van der Waals surface area contributed by atoms with E-state index < -0.39 is 35.6 Å². The summed E-state index contributed by atoms with van der Waals surface area (Å²) in [5, 5.41) is 11.3. The van der Waals surface area contributed by atoms with Crippen LogP contribution in [0.3, 0.4) is 0 Å². The highest BCUT2D eigenvalue weighted by Gasteiger charge is 2.47. The number of aliphatic hydroxyl groups is 1. The average Bonchev–Trinajstić information content (AvgIpc) is 3.13. The molecule has 0 spiro atoms. The first-order valence-electron chi connectivity index (χ1n) is 11.2. The molecule has 37 heavy (non-hydrogen) atoms. The van der Waals surface area contributed by atoms with Crippen molar-refractivity contribution in [1.29, 1.82) is 0 Å². The Bertz CT molecular complexity index is 1410. The predicted molar refractivity (Wildman–Crippen MR) is 127 cm³/mol. The lowest BCUT2D eigenvalue weighted by atomic mass is 9.95. The minimum atomic E-state index is -4.95. The van der Waals surface area contributed by atoms with Gasteiger partial charge in [0.15, 0.2) is 0 Å². The van der Waals surface area contributed by atoms with E-state index in [0.29, 0.717) is 30.2 Å². The van der Waals surface area contributed by atoms with Crippen LogP contribution in [0, 0.1) is 0 Å². The number of fused-ring (bicyclic) bond motifs is 1. The third kappa shape index (κ3) is 4.55. The number of pyridine rings is 1. The number of likely N-dealkylation sites (N-methyl/N-ethyl adjacent to an activating group) is 1. The van der Waals surface area contributed by atoms with Gasteiger partial charge in [-0.2, -0.15) is 0 Å². The van der Waals surface area contributed by atoms with Gasteiger partial charge in [-0.25, -0.2) is 0 Å². The smallest absolute Gasteiger partial charge is 0.507 e. The number of hydrogen-bond acceptors (Lipinski definition) is 7. The maximum atomic E-state index is 13.3. The first-order chi connectivity index (χ1) is 17.6. The normalized spacial score (nSPS) is 19.0. The van der Waals surface area contributed by atoms with Crippen LogP contribution in [0.2, 0.25) is 0 Å². The maximum Gasteiger partial charge on any atom is 0.573 e. The van der Waals surface area contributed by atoms with E-state index in [9.17, 15) is 27.9 Å². The molecule has 3 heterocycles. The van der Waals surface area contributed by atoms with Gasteiger partial charge in [0, 0.05) is 36.8 Å². The summed E-state index contributed by atoms with van der Waals surface area (Å²) >= 11 is 0. The van der Waals surface area contributed by atoms with Crippen molar-refractivity contribution in [2.75, 3.05) is 30.0 Å². The van der Waals surface area contributed by atoms with Crippen LogP contribution in [0.1, 0.15) is 17.2 Å². The Morgan fingerprint density at radius 2 is 1.95 bits per heavy atom. The van der Waals surface area contributed by atoms with Crippen molar-refractivity contribution in [2.45, 2.75) is 12.4 Å². The number of rotatable bonds is 4. The second-order valence-electron chi connectivity index (χ2n) is 8.45. The largest absolute Gasteiger partial charge is 0.573 e. The van der Waals surface area contributed by atoms with E-state index in [-0.39, 0.29) is 16.8 Å². The van der Waals surface area contributed by atoms with Gasteiger partial charge in [0.2, 0.25) is 0 Å². The Balaban J connectivity index is 1.65. The summed E-state index contributed by atoms with van der Waals surface area (Å²) in [5.41, 5.74) is 1.11. The minimum absolute atomic E-state index is 0.0182. The van der Waals surface area contributed by atoms with Crippen LogP contribution in [-0.4, -0.2) is 48.3 Å². The summed E-state index contributed by atoms with van der Waals surface area (Å²) in [5.74, 6) is -2.39. The number of alkyl halides is 3. The van der Waals surface area contributed by atoms with Crippen molar-refractivity contribution < 1.29 is 37.3 Å². The molecular formula is C26H20F3N3O5. The highest BCUT2D eigenvalue weighted by atomic mass is 19.4. The van der Waals surface area contributed by atoms with Crippen molar-refractivity contribution in [1.82, 2.24) is 4.98 Å². The van der Waals surface area contributed by atoms with Crippen molar-refractivity contribution in [2.24, 2.45) is 0 Å². The van der Waals surface area contributed by atoms with Crippen LogP contribution in [0.15, 0.2) is 72.6 Å². The molecule has 2 aliphatic heterocycles. The van der Waals surface area contributed by atoms with Gasteiger partial charge in [-0.1, -0.05) is 12.1 Å². The summed E-state index contributed by atoms with van der Waals surface area (Å²) in [4.78, 5) is 33.5. The molecule has 2 aliphatic rings. The van der Waals surface area contributed by atoms with E-state index in [1.807, 2.05) is 11.9 Å². The number of halogens is 3. The topological polar surface area (TPSA) is 92.2 Å². The summed E-state index contributed by atoms with van der Waals surface area (Å²) in [6, 6.07) is 11.7. The van der Waals surface area contributed by atoms with Crippen molar-refractivity contribution in [3.8, 4) is 11.5 Å². The van der Waals surface area contributed by atoms with Crippen molar-refractivity contribution in [3.63, 3.8) is 0 Å². The number of anilines is 2. The number of carbonyl (C=O) groups is 2. The molecule has 0 saturated carbocycles. The number of benzene rings is 2. The number of hydrogen-bond donors (Lipinski definition) is 1. The molecule has 1 unspecified atom stereocenters. The molecule has 3 aromatic rings. The van der Waals surface area contributed by atoms with Crippen LogP contribution in [0.4, 0.5) is 24.5 Å². The molecular weight excluding hydrogens is 491 g/mol. The van der Waals surface area contributed by atoms with E-state index in [2.05, 4.69) is 9.72 Å². The van der Waals surface area contributed by atoms with Gasteiger partial charge in [-0.3, -0.25) is 19.5 Å².